The number of nitrogens with zero attached hydrogens (tertiary/aromatic N) is 3. The third kappa shape index (κ3) is 4.41. The molecule has 0 bridgehead atoms. The zero-order valence-corrected chi connectivity index (χ0v) is 18.2. The number of ether oxygens (including phenoxy) is 1. The molecule has 2 aromatic heterocycles. The van der Waals surface area contributed by atoms with Crippen LogP contribution < -0.4 is 5.32 Å². The van der Waals surface area contributed by atoms with Crippen molar-refractivity contribution in [1.82, 2.24) is 14.8 Å². The van der Waals surface area contributed by atoms with Gasteiger partial charge in [-0.05, 0) is 43.4 Å². The van der Waals surface area contributed by atoms with E-state index in [0.29, 0.717) is 15.7 Å². The van der Waals surface area contributed by atoms with E-state index >= 15 is 0 Å². The molecule has 4 rings (SSSR count). The molecule has 0 radical (unpaired) electrons. The summed E-state index contributed by atoms with van der Waals surface area (Å²) in [6, 6.07) is 9.72. The van der Waals surface area contributed by atoms with E-state index in [4.69, 9.17) is 4.74 Å². The van der Waals surface area contributed by atoms with Crippen LogP contribution in [0.25, 0.3) is 5.69 Å². The first-order valence-electron chi connectivity index (χ1n) is 9.78. The molecule has 0 unspecified atom stereocenters. The first-order valence-corrected chi connectivity index (χ1v) is 11.6. The molecule has 7 nitrogen and oxygen atoms in total. The molecule has 1 amide bonds. The number of nitrogens with one attached hydrogen (secondary N) is 1. The second-order valence-corrected chi connectivity index (χ2v) is 8.96. The summed E-state index contributed by atoms with van der Waals surface area (Å²) in [5.41, 5.74) is 2.49. The van der Waals surface area contributed by atoms with Gasteiger partial charge < -0.3 is 10.1 Å². The van der Waals surface area contributed by atoms with Crippen molar-refractivity contribution >= 4 is 40.0 Å². The van der Waals surface area contributed by atoms with Crippen LogP contribution in [0, 0.1) is 0 Å². The molecule has 156 valence electrons. The van der Waals surface area contributed by atoms with E-state index in [0.717, 1.165) is 43.4 Å². The van der Waals surface area contributed by atoms with Crippen LogP contribution in [0.1, 0.15) is 40.1 Å². The third-order valence-corrected chi connectivity index (χ3v) is 7.10. The van der Waals surface area contributed by atoms with Gasteiger partial charge in [0, 0.05) is 10.6 Å². The number of aryl methyl sites for hydroxylation is 1. The molecule has 0 atom stereocenters. The van der Waals surface area contributed by atoms with Gasteiger partial charge in [0.15, 0.2) is 5.16 Å². The zero-order chi connectivity index (χ0) is 20.9. The molecule has 2 heterocycles. The second kappa shape index (κ2) is 9.44. The monoisotopic (exact) mass is 442 g/mol. The van der Waals surface area contributed by atoms with Gasteiger partial charge in [-0.1, -0.05) is 36.4 Å². The number of esters is 1. The van der Waals surface area contributed by atoms with Crippen molar-refractivity contribution in [1.29, 1.82) is 0 Å². The van der Waals surface area contributed by atoms with Gasteiger partial charge in [-0.2, -0.15) is 0 Å². The minimum Gasteiger partial charge on any atom is -0.465 e. The fourth-order valence-electron chi connectivity index (χ4n) is 3.53. The van der Waals surface area contributed by atoms with E-state index in [2.05, 4.69) is 15.5 Å². The van der Waals surface area contributed by atoms with E-state index in [-0.39, 0.29) is 17.6 Å². The first kappa shape index (κ1) is 20.6. The van der Waals surface area contributed by atoms with E-state index < -0.39 is 0 Å². The van der Waals surface area contributed by atoms with Crippen molar-refractivity contribution in [3.8, 4) is 5.69 Å². The van der Waals surface area contributed by atoms with Crippen molar-refractivity contribution in [2.24, 2.45) is 0 Å². The molecular weight excluding hydrogens is 420 g/mol. The largest absolute Gasteiger partial charge is 0.465 e. The Morgan fingerprint density at radius 2 is 2.00 bits per heavy atom. The van der Waals surface area contributed by atoms with E-state index in [9.17, 15) is 9.59 Å². The lowest BCUT2D eigenvalue weighted by Crippen LogP contribution is -2.16. The average Bonchev–Trinajstić information content (AvgIpc) is 3.30. The van der Waals surface area contributed by atoms with Gasteiger partial charge in [0.2, 0.25) is 5.91 Å². The summed E-state index contributed by atoms with van der Waals surface area (Å²) in [6.07, 6.45) is 6.72. The van der Waals surface area contributed by atoms with Gasteiger partial charge in [0.05, 0.1) is 18.4 Å². The molecule has 0 aliphatic heterocycles. The Morgan fingerprint density at radius 1 is 1.20 bits per heavy atom. The molecule has 1 N–H and O–H groups in total. The topological polar surface area (TPSA) is 86.1 Å². The summed E-state index contributed by atoms with van der Waals surface area (Å²) in [7, 11) is 1.38. The van der Waals surface area contributed by atoms with Gasteiger partial charge in [-0.15, -0.1) is 21.5 Å². The number of aromatic nitrogens is 3. The number of benzene rings is 1. The van der Waals surface area contributed by atoms with Crippen LogP contribution in [-0.4, -0.2) is 39.5 Å². The molecular formula is C21H22N4O3S2. The summed E-state index contributed by atoms with van der Waals surface area (Å²) in [6.45, 7) is 0. The summed E-state index contributed by atoms with van der Waals surface area (Å²) in [5, 5.41) is 12.2. The summed E-state index contributed by atoms with van der Waals surface area (Å²) in [4.78, 5) is 26.3. The number of rotatable bonds is 6. The highest BCUT2D eigenvalue weighted by molar-refractivity contribution is 7.99. The van der Waals surface area contributed by atoms with Crippen molar-refractivity contribution < 1.29 is 14.3 Å². The molecule has 3 aromatic rings. The van der Waals surface area contributed by atoms with Crippen LogP contribution in [0.15, 0.2) is 41.8 Å². The van der Waals surface area contributed by atoms with Crippen LogP contribution in [0.3, 0.4) is 0 Å². The maximum absolute atomic E-state index is 12.7. The van der Waals surface area contributed by atoms with E-state index in [1.54, 1.807) is 6.33 Å². The molecule has 0 saturated heterocycles. The lowest BCUT2D eigenvalue weighted by atomic mass is 10.1. The Morgan fingerprint density at radius 3 is 2.80 bits per heavy atom. The van der Waals surface area contributed by atoms with Crippen molar-refractivity contribution in [2.45, 2.75) is 37.3 Å². The molecule has 1 aliphatic carbocycles. The number of para-hydroxylation sites is 1. The zero-order valence-electron chi connectivity index (χ0n) is 16.6. The fourth-order valence-corrected chi connectivity index (χ4v) is 5.55. The Balaban J connectivity index is 1.48. The van der Waals surface area contributed by atoms with Crippen LogP contribution in [0.4, 0.5) is 5.00 Å². The molecule has 1 aromatic carbocycles. The maximum Gasteiger partial charge on any atom is 0.341 e. The number of anilines is 1. The highest BCUT2D eigenvalue weighted by Crippen LogP contribution is 2.38. The van der Waals surface area contributed by atoms with Gasteiger partial charge in [0.1, 0.15) is 11.3 Å². The second-order valence-electron chi connectivity index (χ2n) is 6.92. The predicted molar refractivity (Wildman–Crippen MR) is 118 cm³/mol. The fraction of sp³-hybridized carbons (Fsp3) is 0.333. The Labute approximate surface area is 182 Å². The number of hydrogen-bond acceptors (Lipinski definition) is 7. The van der Waals surface area contributed by atoms with Crippen LogP contribution in [-0.2, 0) is 22.4 Å². The Hall–Kier alpha value is -2.65. The summed E-state index contributed by atoms with van der Waals surface area (Å²) in [5.74, 6) is -0.417. The van der Waals surface area contributed by atoms with Gasteiger partial charge in [-0.3, -0.25) is 9.36 Å². The van der Waals surface area contributed by atoms with Gasteiger partial charge in [-0.25, -0.2) is 4.79 Å². The van der Waals surface area contributed by atoms with E-state index in [1.807, 2.05) is 34.9 Å². The lowest BCUT2D eigenvalue weighted by Gasteiger charge is -2.08. The molecule has 9 heteroatoms. The predicted octanol–water partition coefficient (Wildman–Crippen LogP) is 4.12. The molecule has 1 aliphatic rings. The number of carbonyl (C=O) groups is 2. The first-order chi connectivity index (χ1) is 14.7. The standard InChI is InChI=1S/C21H22N4O3S2/c1-28-20(27)18-15-10-6-3-7-11-16(15)30-19(18)23-17(26)12-29-21-24-22-13-25(21)14-8-4-2-5-9-14/h2,4-5,8-9,13H,3,6-7,10-12H2,1H3,(H,23,26). The van der Waals surface area contributed by atoms with Gasteiger partial charge in [0.25, 0.3) is 0 Å². The number of carbonyl (C=O) groups excluding carboxylic acids is 2. The maximum atomic E-state index is 12.7. The Kier molecular flexibility index (Phi) is 6.49. The van der Waals surface area contributed by atoms with Crippen LogP contribution >= 0.6 is 23.1 Å². The number of amides is 1. The highest BCUT2D eigenvalue weighted by atomic mass is 32.2. The lowest BCUT2D eigenvalue weighted by molar-refractivity contribution is -0.113. The van der Waals surface area contributed by atoms with Crippen molar-refractivity contribution in [2.75, 3.05) is 18.2 Å². The smallest absolute Gasteiger partial charge is 0.341 e. The number of thioether (sulfide) groups is 1. The average molecular weight is 443 g/mol. The molecule has 0 saturated carbocycles. The molecule has 0 spiro atoms. The minimum atomic E-state index is -0.388. The normalized spacial score (nSPS) is 13.4. The van der Waals surface area contributed by atoms with Crippen molar-refractivity contribution in [3.05, 3.63) is 52.7 Å². The Bertz CT molecular complexity index is 1050. The minimum absolute atomic E-state index is 0.161. The highest BCUT2D eigenvalue weighted by Gasteiger charge is 2.26. The number of hydrogen-bond donors (Lipinski definition) is 1. The summed E-state index contributed by atoms with van der Waals surface area (Å²) < 4.78 is 6.84. The SMILES string of the molecule is COC(=O)c1c(NC(=O)CSc2nncn2-c2ccccc2)sc2c1CCCCC2. The number of fused-ring (bicyclic) bond motifs is 1. The molecule has 0 fully saturated rings. The van der Waals surface area contributed by atoms with Crippen LogP contribution in [0.2, 0.25) is 0 Å². The van der Waals surface area contributed by atoms with Crippen molar-refractivity contribution in [3.63, 3.8) is 0 Å². The third-order valence-electron chi connectivity index (χ3n) is 4.95. The van der Waals surface area contributed by atoms with E-state index in [1.165, 1.54) is 35.1 Å². The number of thiophene rings is 1. The summed E-state index contributed by atoms with van der Waals surface area (Å²) >= 11 is 2.80. The van der Waals surface area contributed by atoms with Gasteiger partial charge >= 0.3 is 5.97 Å². The quantitative estimate of drug-likeness (QED) is 0.351. The molecule has 30 heavy (non-hydrogen) atoms. The number of methoxy groups -OCH3 is 1. The van der Waals surface area contributed by atoms with Crippen LogP contribution in [0.5, 0.6) is 0 Å².